The molecule has 0 spiro atoms. The van der Waals surface area contributed by atoms with Gasteiger partial charge in [0.05, 0.1) is 5.01 Å². The second kappa shape index (κ2) is 9.86. The zero-order valence-electron chi connectivity index (χ0n) is 14.8. The number of guanidine groups is 1. The maximum Gasteiger partial charge on any atom is 0.191 e. The molecule has 3 N–H and O–H groups in total. The number of aliphatic imine (C=N–C) groups is 1. The van der Waals surface area contributed by atoms with Crippen molar-refractivity contribution in [3.63, 3.8) is 0 Å². The van der Waals surface area contributed by atoms with Crippen LogP contribution in [-0.2, 0) is 12.8 Å². The summed E-state index contributed by atoms with van der Waals surface area (Å²) in [5.74, 6) is 0.551. The largest absolute Gasteiger partial charge is 0.361 e. The first-order valence-corrected chi connectivity index (χ1v) is 9.08. The zero-order valence-corrected chi connectivity index (χ0v) is 18.0. The summed E-state index contributed by atoms with van der Waals surface area (Å²) < 4.78 is 13.4. The van der Waals surface area contributed by atoms with Gasteiger partial charge >= 0.3 is 0 Å². The SMILES string of the molecule is CN=C(NCCc1ncc(C)s1)NCCc1c[nH]c2ccc(F)cc12.I. The number of hydrogen-bond acceptors (Lipinski definition) is 3. The molecule has 3 rings (SSSR count). The highest BCUT2D eigenvalue weighted by molar-refractivity contribution is 14.0. The molecule has 26 heavy (non-hydrogen) atoms. The second-order valence-corrected chi connectivity index (χ2v) is 7.11. The Bertz CT molecular complexity index is 873. The number of halogens is 2. The summed E-state index contributed by atoms with van der Waals surface area (Å²) in [5.41, 5.74) is 2.05. The van der Waals surface area contributed by atoms with Crippen LogP contribution >= 0.6 is 35.3 Å². The molecule has 3 aromatic rings. The number of aromatic nitrogens is 2. The molecule has 8 heteroatoms. The molecule has 0 saturated heterocycles. The maximum atomic E-state index is 13.4. The van der Waals surface area contributed by atoms with E-state index in [1.165, 1.54) is 10.9 Å². The molecule has 2 heterocycles. The molecule has 0 radical (unpaired) electrons. The van der Waals surface area contributed by atoms with Crippen LogP contribution in [0, 0.1) is 12.7 Å². The highest BCUT2D eigenvalue weighted by atomic mass is 127. The molecule has 0 amide bonds. The fourth-order valence-corrected chi connectivity index (χ4v) is 3.49. The Hall–Kier alpha value is -1.68. The Labute approximate surface area is 173 Å². The van der Waals surface area contributed by atoms with Gasteiger partial charge in [-0.2, -0.15) is 0 Å². The molecule has 2 aromatic heterocycles. The Kier molecular flexibility index (Phi) is 7.83. The fourth-order valence-electron chi connectivity index (χ4n) is 2.70. The van der Waals surface area contributed by atoms with Crippen molar-refractivity contribution in [2.24, 2.45) is 4.99 Å². The number of nitrogens with one attached hydrogen (secondary N) is 3. The predicted molar refractivity (Wildman–Crippen MR) is 117 cm³/mol. The molecule has 0 aliphatic rings. The van der Waals surface area contributed by atoms with Crippen LogP contribution in [0.5, 0.6) is 0 Å². The number of benzene rings is 1. The first-order chi connectivity index (χ1) is 12.2. The Morgan fingerprint density at radius 2 is 2.04 bits per heavy atom. The van der Waals surface area contributed by atoms with Crippen LogP contribution in [0.25, 0.3) is 10.9 Å². The standard InChI is InChI=1S/C18H22FN5S.HI/c1-12-10-24-17(25-12)6-8-22-18(20-2)21-7-5-13-11-23-16-4-3-14(19)9-15(13)16;/h3-4,9-11,23H,5-8H2,1-2H3,(H2,20,21,22);1H. The minimum Gasteiger partial charge on any atom is -0.361 e. The van der Waals surface area contributed by atoms with Crippen molar-refractivity contribution >= 4 is 52.2 Å². The van der Waals surface area contributed by atoms with E-state index in [1.54, 1.807) is 30.5 Å². The van der Waals surface area contributed by atoms with E-state index in [4.69, 9.17) is 0 Å². The van der Waals surface area contributed by atoms with Crippen molar-refractivity contribution in [3.8, 4) is 0 Å². The van der Waals surface area contributed by atoms with Gasteiger partial charge in [-0.1, -0.05) is 0 Å². The molecule has 0 aliphatic carbocycles. The third kappa shape index (κ3) is 5.41. The van der Waals surface area contributed by atoms with Crippen LogP contribution < -0.4 is 10.6 Å². The lowest BCUT2D eigenvalue weighted by molar-refractivity contribution is 0.629. The van der Waals surface area contributed by atoms with Crippen molar-refractivity contribution < 1.29 is 4.39 Å². The third-order valence-corrected chi connectivity index (χ3v) is 4.91. The number of thiazole rings is 1. The topological polar surface area (TPSA) is 65.1 Å². The molecule has 0 unspecified atom stereocenters. The number of H-pyrrole nitrogens is 1. The van der Waals surface area contributed by atoms with Crippen LogP contribution in [0.3, 0.4) is 0 Å². The molecular formula is C18H23FIN5S. The average Bonchev–Trinajstić information content (AvgIpc) is 3.19. The van der Waals surface area contributed by atoms with Crippen LogP contribution in [0.2, 0.25) is 0 Å². The summed E-state index contributed by atoms with van der Waals surface area (Å²) in [7, 11) is 1.75. The summed E-state index contributed by atoms with van der Waals surface area (Å²) in [6.45, 7) is 3.57. The fraction of sp³-hybridized carbons (Fsp3) is 0.333. The van der Waals surface area contributed by atoms with E-state index in [0.29, 0.717) is 0 Å². The predicted octanol–water partition coefficient (Wildman–Crippen LogP) is 3.64. The Morgan fingerprint density at radius 1 is 1.27 bits per heavy atom. The minimum atomic E-state index is -0.212. The molecule has 1 aromatic carbocycles. The molecular weight excluding hydrogens is 464 g/mol. The molecule has 140 valence electrons. The summed E-state index contributed by atoms with van der Waals surface area (Å²) in [4.78, 5) is 13.0. The van der Waals surface area contributed by atoms with Gasteiger partial charge in [0.1, 0.15) is 5.82 Å². The van der Waals surface area contributed by atoms with Crippen LogP contribution in [0.15, 0.2) is 35.6 Å². The van der Waals surface area contributed by atoms with Gasteiger partial charge in [-0.3, -0.25) is 4.99 Å². The minimum absolute atomic E-state index is 0. The summed E-state index contributed by atoms with van der Waals surface area (Å²) in [6.07, 6.45) is 5.50. The van der Waals surface area contributed by atoms with Gasteiger partial charge in [-0.05, 0) is 37.1 Å². The van der Waals surface area contributed by atoms with Gasteiger partial charge in [0.2, 0.25) is 0 Å². The number of fused-ring (bicyclic) bond motifs is 1. The molecule has 0 saturated carbocycles. The van der Waals surface area contributed by atoms with Gasteiger partial charge in [0, 0.05) is 54.7 Å². The van der Waals surface area contributed by atoms with Crippen molar-refractivity contribution in [2.45, 2.75) is 19.8 Å². The van der Waals surface area contributed by atoms with Gasteiger partial charge in [-0.25, -0.2) is 9.37 Å². The quantitative estimate of drug-likeness (QED) is 0.283. The van der Waals surface area contributed by atoms with Crippen molar-refractivity contribution in [3.05, 3.63) is 51.9 Å². The third-order valence-electron chi connectivity index (χ3n) is 3.94. The van der Waals surface area contributed by atoms with Gasteiger partial charge in [0.15, 0.2) is 5.96 Å². The summed E-state index contributed by atoms with van der Waals surface area (Å²) in [6, 6.07) is 4.81. The van der Waals surface area contributed by atoms with E-state index in [0.717, 1.165) is 53.4 Å². The monoisotopic (exact) mass is 487 g/mol. The molecule has 0 aliphatic heterocycles. The Balaban J connectivity index is 0.00000243. The number of rotatable bonds is 6. The van der Waals surface area contributed by atoms with Gasteiger partial charge < -0.3 is 15.6 Å². The van der Waals surface area contributed by atoms with E-state index < -0.39 is 0 Å². The Morgan fingerprint density at radius 3 is 2.73 bits per heavy atom. The first kappa shape index (κ1) is 20.6. The van der Waals surface area contributed by atoms with E-state index >= 15 is 0 Å². The lowest BCUT2D eigenvalue weighted by atomic mass is 10.1. The first-order valence-electron chi connectivity index (χ1n) is 8.27. The smallest absolute Gasteiger partial charge is 0.191 e. The van der Waals surface area contributed by atoms with Crippen LogP contribution in [0.4, 0.5) is 4.39 Å². The molecule has 0 atom stereocenters. The lowest BCUT2D eigenvalue weighted by Crippen LogP contribution is -2.39. The molecule has 0 bridgehead atoms. The lowest BCUT2D eigenvalue weighted by Gasteiger charge is -2.11. The van der Waals surface area contributed by atoms with E-state index in [2.05, 4.69) is 32.5 Å². The van der Waals surface area contributed by atoms with Crippen LogP contribution in [0.1, 0.15) is 15.4 Å². The maximum absolute atomic E-state index is 13.4. The van der Waals surface area contributed by atoms with Crippen molar-refractivity contribution in [2.75, 3.05) is 20.1 Å². The molecule has 0 fully saturated rings. The van der Waals surface area contributed by atoms with Crippen molar-refractivity contribution in [1.29, 1.82) is 0 Å². The van der Waals surface area contributed by atoms with Gasteiger partial charge in [0.25, 0.3) is 0 Å². The van der Waals surface area contributed by atoms with E-state index in [-0.39, 0.29) is 29.8 Å². The average molecular weight is 487 g/mol. The summed E-state index contributed by atoms with van der Waals surface area (Å²) in [5, 5.41) is 8.64. The highest BCUT2D eigenvalue weighted by Gasteiger charge is 2.06. The van der Waals surface area contributed by atoms with E-state index in [9.17, 15) is 4.39 Å². The van der Waals surface area contributed by atoms with Crippen molar-refractivity contribution in [1.82, 2.24) is 20.6 Å². The van der Waals surface area contributed by atoms with Gasteiger partial charge in [-0.15, -0.1) is 35.3 Å². The second-order valence-electron chi connectivity index (χ2n) is 5.79. The summed E-state index contributed by atoms with van der Waals surface area (Å²) >= 11 is 1.72. The number of aryl methyl sites for hydroxylation is 1. The van der Waals surface area contributed by atoms with Crippen LogP contribution in [-0.4, -0.2) is 36.1 Å². The normalized spacial score (nSPS) is 11.4. The zero-order chi connectivity index (χ0) is 17.6. The highest BCUT2D eigenvalue weighted by Crippen LogP contribution is 2.19. The number of hydrogen-bond donors (Lipinski definition) is 3. The molecule has 5 nitrogen and oxygen atoms in total. The number of nitrogens with zero attached hydrogens (tertiary/aromatic N) is 2. The van der Waals surface area contributed by atoms with E-state index in [1.807, 2.05) is 12.4 Å². The number of aromatic amines is 1.